The number of fused-ring (bicyclic) bond motifs is 1. The molecule has 106 valence electrons. The van der Waals surface area contributed by atoms with Crippen LogP contribution in [0.25, 0.3) is 0 Å². The highest BCUT2D eigenvalue weighted by molar-refractivity contribution is 5.29. The van der Waals surface area contributed by atoms with Gasteiger partial charge in [-0.1, -0.05) is 0 Å². The summed E-state index contributed by atoms with van der Waals surface area (Å²) in [6, 6.07) is 3.82. The van der Waals surface area contributed by atoms with Crippen LogP contribution in [0, 0.1) is 6.92 Å². The van der Waals surface area contributed by atoms with E-state index in [2.05, 4.69) is 15.4 Å². The maximum absolute atomic E-state index is 9.84. The molecule has 2 heterocycles. The number of hydrogen-bond donors (Lipinski definition) is 2. The number of pyridine rings is 1. The Hall–Kier alpha value is -1.88. The second-order valence-electron chi connectivity index (χ2n) is 5.41. The number of aromatic hydroxyl groups is 1. The summed E-state index contributed by atoms with van der Waals surface area (Å²) < 4.78 is 1.96. The highest BCUT2D eigenvalue weighted by atomic mass is 16.3. The summed E-state index contributed by atoms with van der Waals surface area (Å²) in [5.41, 5.74) is 4.23. The molecule has 1 aliphatic rings. The van der Waals surface area contributed by atoms with Crippen LogP contribution in [0.4, 0.5) is 0 Å². The van der Waals surface area contributed by atoms with Crippen molar-refractivity contribution in [2.75, 3.05) is 0 Å². The molecule has 1 aliphatic carbocycles. The molecule has 2 N–H and O–H groups in total. The predicted molar refractivity (Wildman–Crippen MR) is 76.4 cm³/mol. The normalized spacial score (nSPS) is 18.0. The summed E-state index contributed by atoms with van der Waals surface area (Å²) in [4.78, 5) is 4.38. The summed E-state index contributed by atoms with van der Waals surface area (Å²) in [5.74, 6) is 0.255. The fourth-order valence-electron chi connectivity index (χ4n) is 2.87. The lowest BCUT2D eigenvalue weighted by atomic mass is 9.93. The number of aryl methyl sites for hydroxylation is 2. The van der Waals surface area contributed by atoms with Crippen molar-refractivity contribution in [1.82, 2.24) is 20.1 Å². The Morgan fingerprint density at radius 2 is 2.30 bits per heavy atom. The van der Waals surface area contributed by atoms with Crippen LogP contribution in [-0.4, -0.2) is 19.9 Å². The summed E-state index contributed by atoms with van der Waals surface area (Å²) in [6.45, 7) is 2.51. The van der Waals surface area contributed by atoms with Gasteiger partial charge in [-0.15, -0.1) is 0 Å². The average molecular weight is 272 g/mol. The first-order chi connectivity index (χ1) is 9.65. The molecule has 5 heteroatoms. The third-order valence-electron chi connectivity index (χ3n) is 3.98. The van der Waals surface area contributed by atoms with Gasteiger partial charge in [-0.3, -0.25) is 9.67 Å². The summed E-state index contributed by atoms with van der Waals surface area (Å²) in [7, 11) is 2.00. The standard InChI is InChI=1S/C15H20N4O/c1-10-6-7-15(20)13(18-10)9-16-12-4-3-5-14-11(12)8-17-19(14)2/h6-8,12,16,20H,3-5,9H2,1-2H3. The molecule has 1 atom stereocenters. The molecular formula is C15H20N4O. The SMILES string of the molecule is Cc1ccc(O)c(CNC2CCCc3c2cnn3C)n1. The topological polar surface area (TPSA) is 63.0 Å². The number of nitrogens with zero attached hydrogens (tertiary/aromatic N) is 3. The average Bonchev–Trinajstić information content (AvgIpc) is 2.82. The molecule has 0 fully saturated rings. The van der Waals surface area contributed by atoms with Crippen LogP contribution in [0.15, 0.2) is 18.3 Å². The van der Waals surface area contributed by atoms with Crippen LogP contribution in [0.1, 0.15) is 41.5 Å². The van der Waals surface area contributed by atoms with Crippen LogP contribution >= 0.6 is 0 Å². The van der Waals surface area contributed by atoms with Crippen molar-refractivity contribution in [2.45, 2.75) is 38.8 Å². The number of hydrogen-bond acceptors (Lipinski definition) is 4. The van der Waals surface area contributed by atoms with Crippen molar-refractivity contribution in [1.29, 1.82) is 0 Å². The molecule has 3 rings (SSSR count). The molecule has 5 nitrogen and oxygen atoms in total. The van der Waals surface area contributed by atoms with Gasteiger partial charge >= 0.3 is 0 Å². The van der Waals surface area contributed by atoms with Gasteiger partial charge in [-0.25, -0.2) is 0 Å². The van der Waals surface area contributed by atoms with Gasteiger partial charge in [-0.05, 0) is 38.3 Å². The second-order valence-corrected chi connectivity index (χ2v) is 5.41. The largest absolute Gasteiger partial charge is 0.506 e. The molecule has 1 unspecified atom stereocenters. The zero-order chi connectivity index (χ0) is 14.1. The van der Waals surface area contributed by atoms with E-state index in [1.807, 2.05) is 30.9 Å². The molecule has 0 spiro atoms. The van der Waals surface area contributed by atoms with Gasteiger partial charge in [0.05, 0.1) is 11.9 Å². The fraction of sp³-hybridized carbons (Fsp3) is 0.467. The van der Waals surface area contributed by atoms with Crippen LogP contribution in [-0.2, 0) is 20.0 Å². The van der Waals surface area contributed by atoms with Crippen molar-refractivity contribution in [3.05, 3.63) is 41.0 Å². The Bertz CT molecular complexity index is 620. The minimum atomic E-state index is 0.255. The molecule has 0 aromatic carbocycles. The first-order valence-corrected chi connectivity index (χ1v) is 7.05. The third kappa shape index (κ3) is 2.41. The molecule has 0 amide bonds. The Morgan fingerprint density at radius 1 is 1.45 bits per heavy atom. The van der Waals surface area contributed by atoms with Gasteiger partial charge in [-0.2, -0.15) is 5.10 Å². The predicted octanol–water partition coefficient (Wildman–Crippen LogP) is 2.00. The van der Waals surface area contributed by atoms with Gasteiger partial charge in [0.25, 0.3) is 0 Å². The molecule has 0 radical (unpaired) electrons. The maximum atomic E-state index is 9.84. The lowest BCUT2D eigenvalue weighted by Gasteiger charge is -2.24. The number of nitrogens with one attached hydrogen (secondary N) is 1. The Labute approximate surface area is 118 Å². The van der Waals surface area contributed by atoms with E-state index in [1.54, 1.807) is 6.07 Å². The van der Waals surface area contributed by atoms with Crippen molar-refractivity contribution < 1.29 is 5.11 Å². The Kier molecular flexibility index (Phi) is 3.44. The van der Waals surface area contributed by atoms with Crippen molar-refractivity contribution >= 4 is 0 Å². The number of rotatable bonds is 3. The maximum Gasteiger partial charge on any atom is 0.138 e. The summed E-state index contributed by atoms with van der Waals surface area (Å²) in [6.07, 6.45) is 5.32. The van der Waals surface area contributed by atoms with E-state index in [0.717, 1.165) is 25.0 Å². The van der Waals surface area contributed by atoms with Gasteiger partial charge in [0.2, 0.25) is 0 Å². The van der Waals surface area contributed by atoms with Crippen LogP contribution in [0.3, 0.4) is 0 Å². The van der Waals surface area contributed by atoms with Gasteiger partial charge in [0.15, 0.2) is 0 Å². The van der Waals surface area contributed by atoms with Crippen LogP contribution in [0.2, 0.25) is 0 Å². The third-order valence-corrected chi connectivity index (χ3v) is 3.98. The lowest BCUT2D eigenvalue weighted by molar-refractivity contribution is 0.428. The summed E-state index contributed by atoms with van der Waals surface area (Å²) >= 11 is 0. The molecule has 2 aromatic rings. The van der Waals surface area contributed by atoms with Crippen molar-refractivity contribution in [2.24, 2.45) is 7.05 Å². The highest BCUT2D eigenvalue weighted by Gasteiger charge is 2.23. The molecule has 0 bridgehead atoms. The van der Waals surface area contributed by atoms with Gasteiger partial charge in [0, 0.05) is 36.6 Å². The highest BCUT2D eigenvalue weighted by Crippen LogP contribution is 2.29. The minimum absolute atomic E-state index is 0.255. The lowest BCUT2D eigenvalue weighted by Crippen LogP contribution is -2.25. The quantitative estimate of drug-likeness (QED) is 0.897. The Balaban J connectivity index is 1.75. The van der Waals surface area contributed by atoms with Gasteiger partial charge < -0.3 is 10.4 Å². The molecule has 0 saturated carbocycles. The van der Waals surface area contributed by atoms with Crippen molar-refractivity contribution in [3.8, 4) is 5.75 Å². The smallest absolute Gasteiger partial charge is 0.138 e. The van der Waals surface area contributed by atoms with E-state index in [0.29, 0.717) is 18.3 Å². The van der Waals surface area contributed by atoms with E-state index >= 15 is 0 Å². The molecule has 0 aliphatic heterocycles. The van der Waals surface area contributed by atoms with E-state index in [1.165, 1.54) is 11.3 Å². The summed E-state index contributed by atoms with van der Waals surface area (Å²) in [5, 5.41) is 17.7. The second kappa shape index (κ2) is 5.25. The van der Waals surface area contributed by atoms with Crippen LogP contribution < -0.4 is 5.32 Å². The van der Waals surface area contributed by atoms with Crippen LogP contribution in [0.5, 0.6) is 5.75 Å². The van der Waals surface area contributed by atoms with E-state index in [9.17, 15) is 5.11 Å². The van der Waals surface area contributed by atoms with Crippen molar-refractivity contribution in [3.63, 3.8) is 0 Å². The fourth-order valence-corrected chi connectivity index (χ4v) is 2.87. The van der Waals surface area contributed by atoms with E-state index < -0.39 is 0 Å². The van der Waals surface area contributed by atoms with E-state index in [4.69, 9.17) is 0 Å². The first kappa shape index (κ1) is 13.1. The first-order valence-electron chi connectivity index (χ1n) is 7.05. The molecule has 20 heavy (non-hydrogen) atoms. The zero-order valence-corrected chi connectivity index (χ0v) is 11.9. The molecule has 0 saturated heterocycles. The monoisotopic (exact) mass is 272 g/mol. The zero-order valence-electron chi connectivity index (χ0n) is 11.9. The molecule has 2 aromatic heterocycles. The minimum Gasteiger partial charge on any atom is -0.506 e. The number of aromatic nitrogens is 3. The molecular weight excluding hydrogens is 252 g/mol. The Morgan fingerprint density at radius 3 is 3.15 bits per heavy atom. The van der Waals surface area contributed by atoms with E-state index in [-0.39, 0.29) is 5.75 Å². The van der Waals surface area contributed by atoms with Gasteiger partial charge in [0.1, 0.15) is 5.75 Å².